The van der Waals surface area contributed by atoms with Crippen LogP contribution in [0.3, 0.4) is 0 Å². The Balaban J connectivity index is 1.59. The van der Waals surface area contributed by atoms with Gasteiger partial charge >= 0.3 is 5.97 Å². The van der Waals surface area contributed by atoms with Crippen molar-refractivity contribution in [1.29, 1.82) is 0 Å². The molecule has 0 N–H and O–H groups in total. The average Bonchev–Trinajstić information content (AvgIpc) is 2.93. The zero-order chi connectivity index (χ0) is 18.2. The van der Waals surface area contributed by atoms with Crippen LogP contribution in [0.15, 0.2) is 24.3 Å². The molecule has 3 aliphatic heterocycles. The van der Waals surface area contributed by atoms with Gasteiger partial charge in [0.1, 0.15) is 6.61 Å². The van der Waals surface area contributed by atoms with Gasteiger partial charge in [0, 0.05) is 26.0 Å². The Hall–Kier alpha value is -1.47. The SMILES string of the molecule is CO[C@H]1O[C@]2(c3ccc(COC(C)=O)cc3)CC[C@H]3CCCCC31OO2. The van der Waals surface area contributed by atoms with Gasteiger partial charge in [0.25, 0.3) is 0 Å². The van der Waals surface area contributed by atoms with Gasteiger partial charge in [-0.25, -0.2) is 4.89 Å². The number of fused-ring (bicyclic) bond motifs is 3. The maximum Gasteiger partial charge on any atom is 0.302 e. The monoisotopic (exact) mass is 362 g/mol. The van der Waals surface area contributed by atoms with Crippen LogP contribution < -0.4 is 0 Å². The summed E-state index contributed by atoms with van der Waals surface area (Å²) in [6.45, 7) is 1.66. The summed E-state index contributed by atoms with van der Waals surface area (Å²) in [6.07, 6.45) is 5.59. The second-order valence-corrected chi connectivity index (χ2v) is 7.52. The highest BCUT2D eigenvalue weighted by molar-refractivity contribution is 5.65. The van der Waals surface area contributed by atoms with Crippen molar-refractivity contribution in [2.24, 2.45) is 5.92 Å². The van der Waals surface area contributed by atoms with Crippen molar-refractivity contribution in [2.75, 3.05) is 7.11 Å². The summed E-state index contributed by atoms with van der Waals surface area (Å²) in [7, 11) is 1.67. The molecule has 6 nitrogen and oxygen atoms in total. The van der Waals surface area contributed by atoms with Gasteiger partial charge < -0.3 is 14.2 Å². The van der Waals surface area contributed by atoms with E-state index in [0.717, 1.165) is 43.2 Å². The van der Waals surface area contributed by atoms with Gasteiger partial charge in [0.05, 0.1) is 0 Å². The fraction of sp³-hybridized carbons (Fsp3) is 0.650. The van der Waals surface area contributed by atoms with E-state index in [1.807, 2.05) is 24.3 Å². The number of carbonyl (C=O) groups is 1. The van der Waals surface area contributed by atoms with Crippen molar-refractivity contribution in [2.45, 2.75) is 69.7 Å². The molecule has 4 fully saturated rings. The van der Waals surface area contributed by atoms with Crippen LogP contribution in [0.25, 0.3) is 0 Å². The quantitative estimate of drug-likeness (QED) is 0.603. The van der Waals surface area contributed by atoms with Crippen LogP contribution in [0.4, 0.5) is 0 Å². The summed E-state index contributed by atoms with van der Waals surface area (Å²) >= 11 is 0. The van der Waals surface area contributed by atoms with Crippen molar-refractivity contribution in [3.8, 4) is 0 Å². The first-order valence-corrected chi connectivity index (χ1v) is 9.38. The Morgan fingerprint density at radius 3 is 2.69 bits per heavy atom. The normalized spacial score (nSPS) is 36.2. The van der Waals surface area contributed by atoms with E-state index < -0.39 is 17.7 Å². The lowest BCUT2D eigenvalue weighted by Gasteiger charge is -2.49. The van der Waals surface area contributed by atoms with Gasteiger partial charge in [0.15, 0.2) is 11.9 Å². The number of rotatable bonds is 4. The van der Waals surface area contributed by atoms with Crippen molar-refractivity contribution in [3.05, 3.63) is 35.4 Å². The van der Waals surface area contributed by atoms with Crippen LogP contribution in [-0.2, 0) is 41.2 Å². The van der Waals surface area contributed by atoms with E-state index in [9.17, 15) is 4.79 Å². The van der Waals surface area contributed by atoms with Crippen LogP contribution in [0.5, 0.6) is 0 Å². The third-order valence-electron chi connectivity index (χ3n) is 5.96. The molecule has 1 saturated carbocycles. The number of hydrogen-bond donors (Lipinski definition) is 0. The lowest BCUT2D eigenvalue weighted by molar-refractivity contribution is -0.558. The van der Waals surface area contributed by atoms with E-state index in [2.05, 4.69) is 0 Å². The molecule has 26 heavy (non-hydrogen) atoms. The van der Waals surface area contributed by atoms with E-state index in [0.29, 0.717) is 5.92 Å². The summed E-state index contributed by atoms with van der Waals surface area (Å²) in [5, 5.41) is 0. The van der Waals surface area contributed by atoms with Gasteiger partial charge in [-0.2, -0.15) is 4.89 Å². The number of ether oxygens (including phenoxy) is 3. The molecule has 3 saturated heterocycles. The zero-order valence-corrected chi connectivity index (χ0v) is 15.4. The Morgan fingerprint density at radius 1 is 1.15 bits per heavy atom. The molecule has 4 aliphatic rings. The first kappa shape index (κ1) is 17.9. The lowest BCUT2D eigenvalue weighted by Crippen LogP contribution is -2.59. The standard InChI is InChI=1S/C20H26O6/c1-14(21)23-13-15-6-8-17(9-7-15)20-12-10-16-5-3-4-11-19(16,25-26-20)18(22-2)24-20/h6-9,16,18H,3-5,10-13H2,1-2H3/t16-,18+,19?,20-/m1/s1. The second-order valence-electron chi connectivity index (χ2n) is 7.52. The maximum atomic E-state index is 11.0. The molecule has 142 valence electrons. The van der Waals surface area contributed by atoms with Gasteiger partial charge in [-0.1, -0.05) is 37.1 Å². The van der Waals surface area contributed by atoms with Crippen molar-refractivity contribution in [1.82, 2.24) is 0 Å². The minimum Gasteiger partial charge on any atom is -0.461 e. The van der Waals surface area contributed by atoms with Crippen LogP contribution >= 0.6 is 0 Å². The highest BCUT2D eigenvalue weighted by atomic mass is 17.3. The smallest absolute Gasteiger partial charge is 0.302 e. The molecule has 1 unspecified atom stereocenters. The largest absolute Gasteiger partial charge is 0.461 e. The molecule has 0 amide bonds. The molecule has 1 aromatic rings. The van der Waals surface area contributed by atoms with Gasteiger partial charge in [-0.05, 0) is 30.7 Å². The Labute approximate surface area is 153 Å². The molecule has 2 bridgehead atoms. The molecule has 5 rings (SSSR count). The predicted molar refractivity (Wildman–Crippen MR) is 91.6 cm³/mol. The van der Waals surface area contributed by atoms with E-state index in [-0.39, 0.29) is 12.6 Å². The van der Waals surface area contributed by atoms with E-state index in [1.165, 1.54) is 13.3 Å². The molecular formula is C20H26O6. The summed E-state index contributed by atoms with van der Waals surface area (Å²) < 4.78 is 17.1. The highest BCUT2D eigenvalue weighted by Gasteiger charge is 2.61. The second kappa shape index (κ2) is 6.93. The predicted octanol–water partition coefficient (Wildman–Crippen LogP) is 3.58. The molecule has 3 heterocycles. The van der Waals surface area contributed by atoms with Gasteiger partial charge in [0.2, 0.25) is 5.79 Å². The van der Waals surface area contributed by atoms with Gasteiger partial charge in [-0.15, -0.1) is 0 Å². The minimum atomic E-state index is -0.955. The first-order valence-electron chi connectivity index (χ1n) is 9.38. The van der Waals surface area contributed by atoms with E-state index >= 15 is 0 Å². The number of carbonyl (C=O) groups excluding carboxylic acids is 1. The highest BCUT2D eigenvalue weighted by Crippen LogP contribution is 2.55. The van der Waals surface area contributed by atoms with Crippen LogP contribution in [0.2, 0.25) is 0 Å². The summed E-state index contributed by atoms with van der Waals surface area (Å²) in [5.74, 6) is -0.864. The molecule has 1 spiro atoms. The molecule has 0 radical (unpaired) electrons. The lowest BCUT2D eigenvalue weighted by atomic mass is 9.73. The Morgan fingerprint density at radius 2 is 1.96 bits per heavy atom. The molecule has 0 aromatic heterocycles. The first-order chi connectivity index (χ1) is 12.6. The molecule has 1 aliphatic carbocycles. The fourth-order valence-corrected chi connectivity index (χ4v) is 4.54. The van der Waals surface area contributed by atoms with Crippen molar-refractivity contribution in [3.63, 3.8) is 0 Å². The summed E-state index contributed by atoms with van der Waals surface area (Å²) in [4.78, 5) is 22.9. The third-order valence-corrected chi connectivity index (χ3v) is 5.96. The Kier molecular flexibility index (Phi) is 4.77. The third kappa shape index (κ3) is 2.95. The van der Waals surface area contributed by atoms with Crippen molar-refractivity contribution < 1.29 is 28.8 Å². The molecular weight excluding hydrogens is 336 g/mol. The van der Waals surface area contributed by atoms with Crippen LogP contribution in [0.1, 0.15) is 56.6 Å². The minimum absolute atomic E-state index is 0.257. The molecule has 1 aromatic carbocycles. The topological polar surface area (TPSA) is 63.2 Å². The average molecular weight is 362 g/mol. The summed E-state index contributed by atoms with van der Waals surface area (Å²) in [5.41, 5.74) is 1.31. The van der Waals surface area contributed by atoms with Crippen LogP contribution in [0, 0.1) is 5.92 Å². The maximum absolute atomic E-state index is 11.0. The van der Waals surface area contributed by atoms with E-state index in [4.69, 9.17) is 24.0 Å². The van der Waals surface area contributed by atoms with E-state index in [1.54, 1.807) is 7.11 Å². The molecule has 6 heteroatoms. The number of hydrogen-bond acceptors (Lipinski definition) is 6. The number of methoxy groups -OCH3 is 1. The summed E-state index contributed by atoms with van der Waals surface area (Å²) in [6, 6.07) is 7.73. The van der Waals surface area contributed by atoms with Crippen molar-refractivity contribution >= 4 is 5.97 Å². The molecule has 4 atom stereocenters. The number of esters is 1. The van der Waals surface area contributed by atoms with Gasteiger partial charge in [-0.3, -0.25) is 4.79 Å². The zero-order valence-electron chi connectivity index (χ0n) is 15.4. The van der Waals surface area contributed by atoms with Crippen LogP contribution in [-0.4, -0.2) is 25.0 Å². The fourth-order valence-electron chi connectivity index (χ4n) is 4.54. The number of benzene rings is 1. The Bertz CT molecular complexity index is 655.